The molecule has 3 aliphatic rings. The van der Waals surface area contributed by atoms with Gasteiger partial charge in [0.25, 0.3) is 0 Å². The SMILES string of the molecule is Nc1nc2c(-c3c(Cl)cc4c(N5CCOCC(O)C5)nc(OCC56CCCN5C[C@H](F)C6)nc4c3F)ccc(F)c2s1. The summed E-state index contributed by atoms with van der Waals surface area (Å²) < 4.78 is 57.3. The van der Waals surface area contributed by atoms with Gasteiger partial charge in [0.2, 0.25) is 0 Å². The minimum Gasteiger partial charge on any atom is -0.461 e. The number of hydrogen-bond donors (Lipinski definition) is 2. The molecule has 222 valence electrons. The number of anilines is 2. The summed E-state index contributed by atoms with van der Waals surface area (Å²) >= 11 is 7.67. The highest BCUT2D eigenvalue weighted by molar-refractivity contribution is 7.22. The van der Waals surface area contributed by atoms with Gasteiger partial charge in [-0.25, -0.2) is 18.2 Å². The molecule has 7 rings (SSSR count). The number of aliphatic hydroxyl groups is 1. The summed E-state index contributed by atoms with van der Waals surface area (Å²) in [6.45, 7) is 2.35. The van der Waals surface area contributed by atoms with Crippen LogP contribution in [0.2, 0.25) is 5.02 Å². The molecular formula is C28H28ClF3N6O3S. The number of fused-ring (bicyclic) bond motifs is 3. The van der Waals surface area contributed by atoms with Crippen molar-refractivity contribution in [2.45, 2.75) is 37.1 Å². The third-order valence-corrected chi connectivity index (χ3v) is 9.59. The smallest absolute Gasteiger partial charge is 0.319 e. The van der Waals surface area contributed by atoms with Crippen LogP contribution in [-0.2, 0) is 4.74 Å². The monoisotopic (exact) mass is 620 g/mol. The van der Waals surface area contributed by atoms with E-state index in [9.17, 15) is 13.9 Å². The number of halogens is 4. The maximum Gasteiger partial charge on any atom is 0.319 e. The summed E-state index contributed by atoms with van der Waals surface area (Å²) in [5.74, 6) is -0.961. The van der Waals surface area contributed by atoms with Crippen LogP contribution in [0.3, 0.4) is 0 Å². The predicted octanol–water partition coefficient (Wildman–Crippen LogP) is 4.57. The summed E-state index contributed by atoms with van der Waals surface area (Å²) in [5, 5.41) is 10.9. The molecule has 5 heterocycles. The number of benzene rings is 2. The van der Waals surface area contributed by atoms with Crippen molar-refractivity contribution in [3.63, 3.8) is 0 Å². The first kappa shape index (κ1) is 27.8. The molecule has 0 spiro atoms. The third-order valence-electron chi connectivity index (χ3n) is 8.40. The van der Waals surface area contributed by atoms with Crippen LogP contribution in [0.1, 0.15) is 19.3 Å². The van der Waals surface area contributed by atoms with Crippen LogP contribution >= 0.6 is 22.9 Å². The Kier molecular flexibility index (Phi) is 7.05. The molecule has 0 bridgehead atoms. The maximum atomic E-state index is 16.6. The van der Waals surface area contributed by atoms with Crippen molar-refractivity contribution >= 4 is 55.0 Å². The lowest BCUT2D eigenvalue weighted by Crippen LogP contribution is -2.43. The van der Waals surface area contributed by atoms with Gasteiger partial charge in [0.15, 0.2) is 10.9 Å². The van der Waals surface area contributed by atoms with Gasteiger partial charge < -0.3 is 25.2 Å². The second kappa shape index (κ2) is 10.6. The van der Waals surface area contributed by atoms with Crippen molar-refractivity contribution in [1.82, 2.24) is 19.9 Å². The van der Waals surface area contributed by atoms with Crippen molar-refractivity contribution in [3.8, 4) is 17.1 Å². The van der Waals surface area contributed by atoms with Crippen LogP contribution in [0.5, 0.6) is 6.01 Å². The predicted molar refractivity (Wildman–Crippen MR) is 155 cm³/mol. The quantitative estimate of drug-likeness (QED) is 0.331. The fourth-order valence-electron chi connectivity index (χ4n) is 6.54. The standard InChI is InChI=1S/C28H28ClF3N6O3S/c29-18-8-17-22(21(32)20(18)16-2-3-19(31)24-23(16)34-26(33)42-24)35-27(36-25(17)37-6-7-40-12-15(39)11-37)41-13-28-4-1-5-38(28)10-14(30)9-28/h2-3,8,14-15,39H,1,4-7,9-13H2,(H2,33,34)/t14-,15?,28?/m1/s1. The number of β-amino-alcohol motifs (C(OH)–C–C–N with tert-alkyl or cyclic N) is 1. The molecule has 0 saturated carbocycles. The Morgan fingerprint density at radius 2 is 2.05 bits per heavy atom. The van der Waals surface area contributed by atoms with Crippen molar-refractivity contribution in [2.24, 2.45) is 0 Å². The lowest BCUT2D eigenvalue weighted by Gasteiger charge is -2.31. The third kappa shape index (κ3) is 4.71. The van der Waals surface area contributed by atoms with Gasteiger partial charge in [0.1, 0.15) is 29.9 Å². The maximum absolute atomic E-state index is 16.6. The van der Waals surface area contributed by atoms with E-state index in [1.807, 2.05) is 0 Å². The van der Waals surface area contributed by atoms with Crippen molar-refractivity contribution in [1.29, 1.82) is 0 Å². The van der Waals surface area contributed by atoms with Crippen molar-refractivity contribution in [3.05, 3.63) is 34.9 Å². The molecule has 0 radical (unpaired) electrons. The second-order valence-corrected chi connectivity index (χ2v) is 12.6. The first-order valence-electron chi connectivity index (χ1n) is 13.8. The average Bonchev–Trinajstić information content (AvgIpc) is 3.56. The molecule has 3 aliphatic heterocycles. The van der Waals surface area contributed by atoms with Crippen LogP contribution in [-0.4, -0.2) is 88.8 Å². The fourth-order valence-corrected chi connectivity index (χ4v) is 7.60. The normalized spacial score (nSPS) is 24.9. The molecule has 4 aromatic rings. The van der Waals surface area contributed by atoms with Crippen LogP contribution in [0.15, 0.2) is 18.2 Å². The van der Waals surface area contributed by atoms with Crippen molar-refractivity contribution in [2.75, 3.05) is 56.6 Å². The number of nitrogen functional groups attached to an aromatic ring is 1. The highest BCUT2D eigenvalue weighted by Gasteiger charge is 2.49. The zero-order valence-electron chi connectivity index (χ0n) is 22.5. The molecular weight excluding hydrogens is 593 g/mol. The second-order valence-electron chi connectivity index (χ2n) is 11.1. The van der Waals surface area contributed by atoms with Gasteiger partial charge in [-0.3, -0.25) is 4.90 Å². The molecule has 2 unspecified atom stereocenters. The Bertz CT molecular complexity index is 1690. The van der Waals surface area contributed by atoms with E-state index in [2.05, 4.69) is 19.9 Å². The van der Waals surface area contributed by atoms with E-state index in [1.54, 1.807) is 11.0 Å². The molecule has 9 nitrogen and oxygen atoms in total. The van der Waals surface area contributed by atoms with Gasteiger partial charge in [-0.05, 0) is 37.6 Å². The number of aromatic nitrogens is 3. The summed E-state index contributed by atoms with van der Waals surface area (Å²) in [6, 6.07) is 4.12. The van der Waals surface area contributed by atoms with Gasteiger partial charge in [0.05, 0.1) is 40.1 Å². The van der Waals surface area contributed by atoms with E-state index < -0.39 is 29.4 Å². The highest BCUT2D eigenvalue weighted by Crippen LogP contribution is 2.44. The van der Waals surface area contributed by atoms with Gasteiger partial charge in [-0.2, -0.15) is 9.97 Å². The zero-order chi connectivity index (χ0) is 29.2. The zero-order valence-corrected chi connectivity index (χ0v) is 24.0. The van der Waals surface area contributed by atoms with E-state index in [4.69, 9.17) is 26.8 Å². The Morgan fingerprint density at radius 1 is 1.19 bits per heavy atom. The van der Waals surface area contributed by atoms with Gasteiger partial charge in [-0.1, -0.05) is 22.9 Å². The molecule has 14 heteroatoms. The van der Waals surface area contributed by atoms with Crippen molar-refractivity contribution < 1.29 is 27.8 Å². The lowest BCUT2D eigenvalue weighted by molar-refractivity contribution is 0.0597. The number of alkyl halides is 1. The molecule has 42 heavy (non-hydrogen) atoms. The fraction of sp³-hybridized carbons (Fsp3) is 0.464. The molecule has 3 saturated heterocycles. The Balaban J connectivity index is 1.37. The van der Waals surface area contributed by atoms with Gasteiger partial charge >= 0.3 is 6.01 Å². The number of nitrogens with zero attached hydrogens (tertiary/aromatic N) is 5. The molecule has 2 aromatic carbocycles. The minimum atomic E-state index is -0.935. The van der Waals surface area contributed by atoms with Crippen LogP contribution in [0, 0.1) is 11.6 Å². The summed E-state index contributed by atoms with van der Waals surface area (Å²) in [7, 11) is 0. The first-order valence-corrected chi connectivity index (χ1v) is 15.0. The van der Waals surface area contributed by atoms with E-state index in [0.717, 1.165) is 30.7 Å². The molecule has 3 atom stereocenters. The van der Waals surface area contributed by atoms with Crippen LogP contribution < -0.4 is 15.4 Å². The number of rotatable bonds is 5. The molecule has 0 aliphatic carbocycles. The van der Waals surface area contributed by atoms with E-state index in [0.29, 0.717) is 37.3 Å². The summed E-state index contributed by atoms with van der Waals surface area (Å²) in [5.41, 5.74) is 5.79. The van der Waals surface area contributed by atoms with Crippen LogP contribution in [0.4, 0.5) is 24.1 Å². The van der Waals surface area contributed by atoms with E-state index >= 15 is 4.39 Å². The minimum absolute atomic E-state index is 0.00840. The largest absolute Gasteiger partial charge is 0.461 e. The number of nitrogens with two attached hydrogens (primary N) is 1. The summed E-state index contributed by atoms with van der Waals surface area (Å²) in [4.78, 5) is 17.3. The first-order chi connectivity index (χ1) is 20.2. The van der Waals surface area contributed by atoms with Gasteiger partial charge in [0, 0.05) is 42.6 Å². The van der Waals surface area contributed by atoms with E-state index in [-0.39, 0.29) is 62.8 Å². The Morgan fingerprint density at radius 3 is 2.90 bits per heavy atom. The number of hydrogen-bond acceptors (Lipinski definition) is 10. The number of aliphatic hydroxyl groups excluding tert-OH is 1. The molecule has 2 aromatic heterocycles. The molecule has 3 N–H and O–H groups in total. The average molecular weight is 621 g/mol. The molecule has 3 fully saturated rings. The Hall–Kier alpha value is -2.97. The lowest BCUT2D eigenvalue weighted by atomic mass is 9.95. The van der Waals surface area contributed by atoms with Crippen LogP contribution in [0.25, 0.3) is 32.2 Å². The number of ether oxygens (including phenoxy) is 2. The number of thiazole rings is 1. The highest BCUT2D eigenvalue weighted by atomic mass is 35.5. The topological polar surface area (TPSA) is 110 Å². The summed E-state index contributed by atoms with van der Waals surface area (Å²) in [6.07, 6.45) is 0.351. The van der Waals surface area contributed by atoms with Gasteiger partial charge in [-0.15, -0.1) is 0 Å². The molecule has 0 amide bonds. The Labute approximate surface area is 248 Å². The van der Waals surface area contributed by atoms with E-state index in [1.165, 1.54) is 12.1 Å².